The molecule has 0 aliphatic rings. The number of carbonyl (C=O) groups is 2. The number of carbonyl (C=O) groups excluding carboxylic acids is 2. The molecule has 0 saturated heterocycles. The molecule has 10 heteroatoms. The van der Waals surface area contributed by atoms with E-state index in [0.717, 1.165) is 22.7 Å². The fourth-order valence-corrected chi connectivity index (χ4v) is 3.40. The zero-order chi connectivity index (χ0) is 20.9. The molecule has 0 atom stereocenters. The molecule has 0 aliphatic heterocycles. The first-order valence-corrected chi connectivity index (χ1v) is 9.82. The lowest BCUT2D eigenvalue weighted by Gasteiger charge is -2.05. The average Bonchev–Trinajstić information content (AvgIpc) is 3.46. The number of nitrogens with zero attached hydrogens (tertiary/aromatic N) is 5. The normalized spacial score (nSPS) is 10.6. The highest BCUT2D eigenvalue weighted by atomic mass is 32.1. The second kappa shape index (κ2) is 8.62. The number of benzene rings is 1. The molecular formula is C20H17N7O2S. The van der Waals surface area contributed by atoms with Gasteiger partial charge in [0.05, 0.1) is 39.6 Å². The summed E-state index contributed by atoms with van der Waals surface area (Å²) in [6.07, 6.45) is 6.32. The minimum Gasteiger partial charge on any atom is -0.346 e. The first-order chi connectivity index (χ1) is 14.6. The number of nitrogens with one attached hydrogen (secondary N) is 2. The Balaban J connectivity index is 1.35. The Bertz CT molecular complexity index is 1150. The molecule has 150 valence electrons. The molecule has 4 rings (SSSR count). The number of anilines is 1. The van der Waals surface area contributed by atoms with Crippen molar-refractivity contribution in [2.24, 2.45) is 0 Å². The van der Waals surface area contributed by atoms with E-state index in [4.69, 9.17) is 0 Å². The third-order valence-corrected chi connectivity index (χ3v) is 5.21. The van der Waals surface area contributed by atoms with Crippen LogP contribution in [0.5, 0.6) is 0 Å². The lowest BCUT2D eigenvalue weighted by atomic mass is 10.2. The molecule has 3 aromatic heterocycles. The lowest BCUT2D eigenvalue weighted by molar-refractivity contribution is 0.0954. The predicted octanol–water partition coefficient (Wildman–Crippen LogP) is 2.61. The molecule has 0 saturated carbocycles. The van der Waals surface area contributed by atoms with Gasteiger partial charge in [0.2, 0.25) is 0 Å². The second-order valence-electron chi connectivity index (χ2n) is 6.34. The van der Waals surface area contributed by atoms with E-state index in [9.17, 15) is 9.59 Å². The Morgan fingerprint density at radius 1 is 1.00 bits per heavy atom. The summed E-state index contributed by atoms with van der Waals surface area (Å²) in [7, 11) is 0. The van der Waals surface area contributed by atoms with Crippen LogP contribution < -0.4 is 10.6 Å². The molecular weight excluding hydrogens is 402 g/mol. The number of amides is 2. The highest BCUT2D eigenvalue weighted by Crippen LogP contribution is 2.19. The summed E-state index contributed by atoms with van der Waals surface area (Å²) in [6.45, 7) is 2.11. The van der Waals surface area contributed by atoms with Crippen molar-refractivity contribution < 1.29 is 9.59 Å². The SMILES string of the molecule is Cc1cnc(CNC(=O)c2ccc(C(=O)Nc3ccc(-n4cncn4)cc3)s2)cn1. The van der Waals surface area contributed by atoms with Crippen LogP contribution in [0.25, 0.3) is 5.69 Å². The van der Waals surface area contributed by atoms with Crippen molar-refractivity contribution in [3.05, 3.63) is 82.6 Å². The van der Waals surface area contributed by atoms with E-state index < -0.39 is 0 Å². The molecule has 4 aromatic rings. The third-order valence-electron chi connectivity index (χ3n) is 4.13. The largest absolute Gasteiger partial charge is 0.346 e. The van der Waals surface area contributed by atoms with Crippen molar-refractivity contribution in [3.8, 4) is 5.69 Å². The van der Waals surface area contributed by atoms with E-state index in [-0.39, 0.29) is 18.4 Å². The smallest absolute Gasteiger partial charge is 0.265 e. The molecule has 0 spiro atoms. The summed E-state index contributed by atoms with van der Waals surface area (Å²) in [5, 5.41) is 9.66. The van der Waals surface area contributed by atoms with Crippen LogP contribution in [0.15, 0.2) is 61.4 Å². The van der Waals surface area contributed by atoms with Crippen molar-refractivity contribution in [3.63, 3.8) is 0 Å². The van der Waals surface area contributed by atoms with Gasteiger partial charge in [0, 0.05) is 11.9 Å². The van der Waals surface area contributed by atoms with Crippen LogP contribution in [0.3, 0.4) is 0 Å². The quantitative estimate of drug-likeness (QED) is 0.496. The van der Waals surface area contributed by atoms with Gasteiger partial charge in [-0.1, -0.05) is 0 Å². The van der Waals surface area contributed by atoms with Crippen molar-refractivity contribution in [2.75, 3.05) is 5.32 Å². The van der Waals surface area contributed by atoms with Crippen LogP contribution in [0, 0.1) is 6.92 Å². The van der Waals surface area contributed by atoms with Gasteiger partial charge >= 0.3 is 0 Å². The maximum Gasteiger partial charge on any atom is 0.265 e. The number of aromatic nitrogens is 5. The molecule has 0 fully saturated rings. The van der Waals surface area contributed by atoms with Gasteiger partial charge in [0.1, 0.15) is 12.7 Å². The molecule has 0 unspecified atom stereocenters. The van der Waals surface area contributed by atoms with Gasteiger partial charge in [-0.25, -0.2) is 9.67 Å². The molecule has 1 aromatic carbocycles. The van der Waals surface area contributed by atoms with E-state index in [0.29, 0.717) is 21.1 Å². The number of rotatable bonds is 6. The summed E-state index contributed by atoms with van der Waals surface area (Å²) in [5.74, 6) is -0.546. The fraction of sp³-hybridized carbons (Fsp3) is 0.100. The van der Waals surface area contributed by atoms with Gasteiger partial charge in [-0.15, -0.1) is 11.3 Å². The van der Waals surface area contributed by atoms with Crippen molar-refractivity contribution in [2.45, 2.75) is 13.5 Å². The van der Waals surface area contributed by atoms with E-state index >= 15 is 0 Å². The van der Waals surface area contributed by atoms with Crippen LogP contribution in [0.1, 0.15) is 30.7 Å². The Morgan fingerprint density at radius 3 is 2.43 bits per heavy atom. The predicted molar refractivity (Wildman–Crippen MR) is 112 cm³/mol. The van der Waals surface area contributed by atoms with Gasteiger partial charge in [-0.3, -0.25) is 19.6 Å². The van der Waals surface area contributed by atoms with Crippen LogP contribution in [0.4, 0.5) is 5.69 Å². The summed E-state index contributed by atoms with van der Waals surface area (Å²) in [5.41, 5.74) is 2.95. The molecule has 2 N–H and O–H groups in total. The Kier molecular flexibility index (Phi) is 5.57. The zero-order valence-corrected chi connectivity index (χ0v) is 16.8. The highest BCUT2D eigenvalue weighted by Gasteiger charge is 2.14. The minimum atomic E-state index is -0.281. The zero-order valence-electron chi connectivity index (χ0n) is 15.9. The van der Waals surface area contributed by atoms with Gasteiger partial charge in [-0.05, 0) is 43.3 Å². The fourth-order valence-electron chi connectivity index (χ4n) is 2.58. The first-order valence-electron chi connectivity index (χ1n) is 9.00. The first kappa shape index (κ1) is 19.4. The summed E-state index contributed by atoms with van der Waals surface area (Å²) in [4.78, 5) is 38.0. The standard InChI is InChI=1S/C20H17N7O2S/c1-13-8-23-15(9-22-13)10-24-19(28)17-6-7-18(30-17)20(29)26-14-2-4-16(5-3-14)27-12-21-11-25-27/h2-9,11-12H,10H2,1H3,(H,24,28)(H,26,29). The number of hydrogen-bond donors (Lipinski definition) is 2. The molecule has 0 radical (unpaired) electrons. The monoisotopic (exact) mass is 419 g/mol. The average molecular weight is 419 g/mol. The number of hydrogen-bond acceptors (Lipinski definition) is 7. The highest BCUT2D eigenvalue weighted by molar-refractivity contribution is 7.16. The Hall–Kier alpha value is -3.92. The van der Waals surface area contributed by atoms with Crippen LogP contribution in [0.2, 0.25) is 0 Å². The van der Waals surface area contributed by atoms with Gasteiger partial charge < -0.3 is 10.6 Å². The topological polar surface area (TPSA) is 115 Å². The van der Waals surface area contributed by atoms with Crippen molar-refractivity contribution >= 4 is 28.8 Å². The molecule has 0 bridgehead atoms. The lowest BCUT2D eigenvalue weighted by Crippen LogP contribution is -2.22. The third kappa shape index (κ3) is 4.55. The molecule has 2 amide bonds. The van der Waals surface area contributed by atoms with Crippen LogP contribution >= 0.6 is 11.3 Å². The van der Waals surface area contributed by atoms with Crippen LogP contribution in [-0.2, 0) is 6.54 Å². The molecule has 0 aliphatic carbocycles. The van der Waals surface area contributed by atoms with E-state index in [1.165, 1.54) is 6.33 Å². The Morgan fingerprint density at radius 2 is 1.77 bits per heavy atom. The van der Waals surface area contributed by atoms with Crippen LogP contribution in [-0.4, -0.2) is 36.5 Å². The van der Waals surface area contributed by atoms with Crippen molar-refractivity contribution in [1.82, 2.24) is 30.0 Å². The summed E-state index contributed by atoms with van der Waals surface area (Å²) in [6, 6.07) is 10.5. The summed E-state index contributed by atoms with van der Waals surface area (Å²) < 4.78 is 1.62. The maximum atomic E-state index is 12.5. The summed E-state index contributed by atoms with van der Waals surface area (Å²) >= 11 is 1.12. The van der Waals surface area contributed by atoms with Gasteiger partial charge in [-0.2, -0.15) is 5.10 Å². The van der Waals surface area contributed by atoms with E-state index in [1.807, 2.05) is 19.1 Å². The van der Waals surface area contributed by atoms with Gasteiger partial charge in [0.25, 0.3) is 11.8 Å². The number of aryl methyl sites for hydroxylation is 1. The van der Waals surface area contributed by atoms with E-state index in [2.05, 4.69) is 30.7 Å². The minimum absolute atomic E-state index is 0.265. The molecule has 9 nitrogen and oxygen atoms in total. The molecule has 30 heavy (non-hydrogen) atoms. The molecule has 3 heterocycles. The van der Waals surface area contributed by atoms with Crippen molar-refractivity contribution in [1.29, 1.82) is 0 Å². The number of thiophene rings is 1. The van der Waals surface area contributed by atoms with E-state index in [1.54, 1.807) is 47.7 Å². The Labute approximate surface area is 175 Å². The van der Waals surface area contributed by atoms with Gasteiger partial charge in [0.15, 0.2) is 0 Å². The maximum absolute atomic E-state index is 12.5. The second-order valence-corrected chi connectivity index (χ2v) is 7.42.